The lowest BCUT2D eigenvalue weighted by molar-refractivity contribution is 0.102. The standard InChI is InChI=1S/C14H10Br2F2N2O/c1-6-2-8(15)13(9(16)3-6)20-14(21)7-4-10(17)12(19)11(18)5-7/h2-5H,19H2,1H3,(H,20,21). The van der Waals surface area contributed by atoms with Gasteiger partial charge in [-0.05, 0) is 68.6 Å². The first kappa shape index (κ1) is 15.9. The molecule has 0 unspecified atom stereocenters. The Hall–Kier alpha value is -1.47. The summed E-state index contributed by atoms with van der Waals surface area (Å²) in [5.74, 6) is -2.58. The van der Waals surface area contributed by atoms with Crippen molar-refractivity contribution in [3.8, 4) is 0 Å². The molecule has 2 aromatic rings. The SMILES string of the molecule is Cc1cc(Br)c(NC(=O)c2cc(F)c(N)c(F)c2)c(Br)c1. The highest BCUT2D eigenvalue weighted by Gasteiger charge is 2.15. The molecule has 1 amide bonds. The Bertz CT molecular complexity index is 689. The van der Waals surface area contributed by atoms with Crippen LogP contribution in [0.4, 0.5) is 20.2 Å². The van der Waals surface area contributed by atoms with Gasteiger partial charge >= 0.3 is 0 Å². The number of carbonyl (C=O) groups is 1. The van der Waals surface area contributed by atoms with E-state index < -0.39 is 23.2 Å². The van der Waals surface area contributed by atoms with Crippen LogP contribution in [0.15, 0.2) is 33.2 Å². The normalized spacial score (nSPS) is 10.5. The summed E-state index contributed by atoms with van der Waals surface area (Å²) in [6, 6.07) is 5.41. The summed E-state index contributed by atoms with van der Waals surface area (Å²) >= 11 is 6.65. The van der Waals surface area contributed by atoms with Gasteiger partial charge in [0.15, 0.2) is 0 Å². The minimum atomic E-state index is -0.970. The number of aryl methyl sites for hydroxylation is 1. The van der Waals surface area contributed by atoms with Gasteiger partial charge < -0.3 is 11.1 Å². The average Bonchev–Trinajstić information content (AvgIpc) is 2.39. The van der Waals surface area contributed by atoms with Crippen molar-refractivity contribution in [1.29, 1.82) is 0 Å². The number of rotatable bonds is 2. The van der Waals surface area contributed by atoms with E-state index in [0.29, 0.717) is 14.6 Å². The van der Waals surface area contributed by atoms with Crippen LogP contribution in [0.2, 0.25) is 0 Å². The van der Waals surface area contributed by atoms with Gasteiger partial charge in [-0.15, -0.1) is 0 Å². The number of hydrogen-bond donors (Lipinski definition) is 2. The van der Waals surface area contributed by atoms with Crippen LogP contribution in [0.5, 0.6) is 0 Å². The van der Waals surface area contributed by atoms with Crippen molar-refractivity contribution >= 4 is 49.1 Å². The summed E-state index contributed by atoms with van der Waals surface area (Å²) in [7, 11) is 0. The molecule has 0 fully saturated rings. The molecular weight excluding hydrogens is 410 g/mol. The zero-order valence-corrected chi connectivity index (χ0v) is 14.0. The minimum Gasteiger partial charge on any atom is -0.394 e. The van der Waals surface area contributed by atoms with Gasteiger partial charge in [-0.3, -0.25) is 4.79 Å². The first-order valence-corrected chi connectivity index (χ1v) is 7.39. The van der Waals surface area contributed by atoms with E-state index in [-0.39, 0.29) is 5.56 Å². The molecule has 0 aromatic heterocycles. The lowest BCUT2D eigenvalue weighted by Gasteiger charge is -2.11. The van der Waals surface area contributed by atoms with E-state index in [1.165, 1.54) is 0 Å². The van der Waals surface area contributed by atoms with Crippen molar-refractivity contribution in [2.75, 3.05) is 11.1 Å². The quantitative estimate of drug-likeness (QED) is 0.697. The molecule has 0 aliphatic heterocycles. The molecule has 7 heteroatoms. The molecular formula is C14H10Br2F2N2O. The number of halogens is 4. The second-order valence-corrected chi connectivity index (χ2v) is 6.12. The highest BCUT2D eigenvalue weighted by atomic mass is 79.9. The minimum absolute atomic E-state index is 0.154. The van der Waals surface area contributed by atoms with Crippen LogP contribution in [0, 0.1) is 18.6 Å². The Kier molecular flexibility index (Phi) is 4.63. The fourth-order valence-electron chi connectivity index (χ4n) is 1.72. The lowest BCUT2D eigenvalue weighted by atomic mass is 10.1. The van der Waals surface area contributed by atoms with Crippen LogP contribution in [-0.4, -0.2) is 5.91 Å². The van der Waals surface area contributed by atoms with Crippen molar-refractivity contribution < 1.29 is 13.6 Å². The van der Waals surface area contributed by atoms with Gasteiger partial charge in [0.1, 0.15) is 17.3 Å². The fourth-order valence-corrected chi connectivity index (χ4v) is 3.33. The predicted octanol–water partition coefficient (Wildman–Crippen LogP) is 4.63. The Morgan fingerprint density at radius 2 is 1.57 bits per heavy atom. The number of anilines is 2. The molecule has 0 atom stereocenters. The summed E-state index contributed by atoms with van der Waals surface area (Å²) < 4.78 is 28.1. The van der Waals surface area contributed by atoms with Gasteiger partial charge in [-0.25, -0.2) is 8.78 Å². The molecule has 0 saturated carbocycles. The maximum absolute atomic E-state index is 13.4. The first-order chi connectivity index (χ1) is 9.79. The van der Waals surface area contributed by atoms with Crippen molar-refractivity contribution in [1.82, 2.24) is 0 Å². The van der Waals surface area contributed by atoms with Gasteiger partial charge in [0, 0.05) is 14.5 Å². The third-order valence-corrected chi connectivity index (χ3v) is 4.02. The van der Waals surface area contributed by atoms with Crippen LogP contribution in [0.25, 0.3) is 0 Å². The number of nitrogen functional groups attached to an aromatic ring is 1. The summed E-state index contributed by atoms with van der Waals surface area (Å²) in [6.07, 6.45) is 0. The van der Waals surface area contributed by atoms with E-state index >= 15 is 0 Å². The Balaban J connectivity index is 2.35. The second kappa shape index (κ2) is 6.11. The number of nitrogens with two attached hydrogens (primary N) is 1. The van der Waals surface area contributed by atoms with Crippen molar-refractivity contribution in [3.63, 3.8) is 0 Å². The van der Waals surface area contributed by atoms with E-state index in [0.717, 1.165) is 17.7 Å². The zero-order chi connectivity index (χ0) is 15.7. The number of carbonyl (C=O) groups excluding carboxylic acids is 1. The summed E-state index contributed by atoms with van der Waals surface area (Å²) in [4.78, 5) is 12.1. The molecule has 0 heterocycles. The van der Waals surface area contributed by atoms with Crippen molar-refractivity contribution in [2.24, 2.45) is 0 Å². The van der Waals surface area contributed by atoms with E-state index in [4.69, 9.17) is 5.73 Å². The number of benzene rings is 2. The molecule has 2 rings (SSSR count). The van der Waals surface area contributed by atoms with Crippen LogP contribution < -0.4 is 11.1 Å². The van der Waals surface area contributed by atoms with Gasteiger partial charge in [0.05, 0.1) is 5.69 Å². The van der Waals surface area contributed by atoms with Gasteiger partial charge in [-0.2, -0.15) is 0 Å². The van der Waals surface area contributed by atoms with Gasteiger partial charge in [0.2, 0.25) is 0 Å². The van der Waals surface area contributed by atoms with Crippen LogP contribution in [-0.2, 0) is 0 Å². The predicted molar refractivity (Wildman–Crippen MR) is 85.3 cm³/mol. The lowest BCUT2D eigenvalue weighted by Crippen LogP contribution is -2.14. The second-order valence-electron chi connectivity index (χ2n) is 4.41. The molecule has 3 N–H and O–H groups in total. The molecule has 110 valence electrons. The molecule has 21 heavy (non-hydrogen) atoms. The molecule has 0 radical (unpaired) electrons. The van der Waals surface area contributed by atoms with Crippen LogP contribution in [0.3, 0.4) is 0 Å². The smallest absolute Gasteiger partial charge is 0.255 e. The maximum Gasteiger partial charge on any atom is 0.255 e. The largest absolute Gasteiger partial charge is 0.394 e. The highest BCUT2D eigenvalue weighted by Crippen LogP contribution is 2.32. The van der Waals surface area contributed by atoms with Gasteiger partial charge in [0.25, 0.3) is 5.91 Å². The zero-order valence-electron chi connectivity index (χ0n) is 10.8. The third-order valence-electron chi connectivity index (χ3n) is 2.77. The fraction of sp³-hybridized carbons (Fsp3) is 0.0714. The summed E-state index contributed by atoms with van der Waals surface area (Å²) in [6.45, 7) is 1.89. The number of amides is 1. The Morgan fingerprint density at radius 1 is 1.10 bits per heavy atom. The Labute approximate surface area is 136 Å². The molecule has 0 aliphatic carbocycles. The molecule has 0 aliphatic rings. The first-order valence-electron chi connectivity index (χ1n) is 5.81. The molecule has 0 bridgehead atoms. The molecule has 0 saturated heterocycles. The summed E-state index contributed by atoms with van der Waals surface area (Å²) in [5.41, 5.74) is 5.87. The van der Waals surface area contributed by atoms with E-state index in [9.17, 15) is 13.6 Å². The van der Waals surface area contributed by atoms with Crippen LogP contribution >= 0.6 is 31.9 Å². The van der Waals surface area contributed by atoms with E-state index in [2.05, 4.69) is 37.2 Å². The van der Waals surface area contributed by atoms with Crippen molar-refractivity contribution in [3.05, 3.63) is 56.0 Å². The van der Waals surface area contributed by atoms with E-state index in [1.54, 1.807) is 0 Å². The summed E-state index contributed by atoms with van der Waals surface area (Å²) in [5, 5.41) is 2.59. The van der Waals surface area contributed by atoms with Crippen molar-refractivity contribution in [2.45, 2.75) is 6.92 Å². The molecule has 3 nitrogen and oxygen atoms in total. The molecule has 2 aromatic carbocycles. The monoisotopic (exact) mass is 418 g/mol. The average molecular weight is 420 g/mol. The topological polar surface area (TPSA) is 55.1 Å². The highest BCUT2D eigenvalue weighted by molar-refractivity contribution is 9.11. The number of hydrogen-bond acceptors (Lipinski definition) is 2. The third kappa shape index (κ3) is 3.41. The van der Waals surface area contributed by atoms with Crippen LogP contribution in [0.1, 0.15) is 15.9 Å². The number of nitrogens with one attached hydrogen (secondary N) is 1. The van der Waals surface area contributed by atoms with Gasteiger partial charge in [-0.1, -0.05) is 0 Å². The Morgan fingerprint density at radius 3 is 2.05 bits per heavy atom. The maximum atomic E-state index is 13.4. The molecule has 0 spiro atoms. The van der Waals surface area contributed by atoms with E-state index in [1.807, 2.05) is 19.1 Å².